The summed E-state index contributed by atoms with van der Waals surface area (Å²) in [4.78, 5) is 33.0. The molecule has 0 radical (unpaired) electrons. The largest absolute Gasteiger partial charge is 0.455 e. The van der Waals surface area contributed by atoms with Crippen molar-refractivity contribution in [1.82, 2.24) is 0 Å². The van der Waals surface area contributed by atoms with Crippen molar-refractivity contribution in [1.29, 1.82) is 0 Å². The molecular weight excluding hydrogens is 248 g/mol. The lowest BCUT2D eigenvalue weighted by Gasteiger charge is -2.01. The molecule has 0 saturated carbocycles. The van der Waals surface area contributed by atoms with Gasteiger partial charge in [-0.2, -0.15) is 0 Å². The molecule has 5 nitrogen and oxygen atoms in total. The quantitative estimate of drug-likeness (QED) is 0.458. The van der Waals surface area contributed by atoms with E-state index in [1.165, 1.54) is 6.92 Å². The molecule has 0 bridgehead atoms. The lowest BCUT2D eigenvalue weighted by Crippen LogP contribution is -2.10. The standard InChI is InChI=1S/C14H14O5/c1-10-3-5-12(6-4-10)19-14(17)8-7-13(16)18-9-11(2)15/h3-8H,9H2,1-2H3/b8-7+. The van der Waals surface area contributed by atoms with E-state index < -0.39 is 11.9 Å². The summed E-state index contributed by atoms with van der Waals surface area (Å²) in [5, 5.41) is 0. The van der Waals surface area contributed by atoms with Gasteiger partial charge in [-0.3, -0.25) is 4.79 Å². The molecule has 0 aliphatic rings. The Balaban J connectivity index is 2.44. The highest BCUT2D eigenvalue weighted by Gasteiger charge is 2.03. The van der Waals surface area contributed by atoms with Crippen molar-refractivity contribution in [3.05, 3.63) is 42.0 Å². The van der Waals surface area contributed by atoms with Crippen LogP contribution in [-0.2, 0) is 19.1 Å². The van der Waals surface area contributed by atoms with E-state index >= 15 is 0 Å². The molecule has 1 aromatic carbocycles. The summed E-state index contributed by atoms with van der Waals surface area (Å²) in [5.41, 5.74) is 1.04. The second-order valence-electron chi connectivity index (χ2n) is 3.88. The average molecular weight is 262 g/mol. The Labute approximate surface area is 110 Å². The molecule has 5 heteroatoms. The first-order valence-electron chi connectivity index (χ1n) is 5.60. The summed E-state index contributed by atoms with van der Waals surface area (Å²) in [7, 11) is 0. The van der Waals surface area contributed by atoms with Crippen LogP contribution in [0.4, 0.5) is 0 Å². The van der Waals surface area contributed by atoms with Crippen molar-refractivity contribution in [2.45, 2.75) is 13.8 Å². The van der Waals surface area contributed by atoms with Crippen LogP contribution in [0.2, 0.25) is 0 Å². The molecule has 0 aromatic heterocycles. The minimum absolute atomic E-state index is 0.274. The maximum atomic E-state index is 11.4. The number of Topliss-reactive ketones (excluding diaryl/α,β-unsaturated/α-hetero) is 1. The number of ketones is 1. The monoisotopic (exact) mass is 262 g/mol. The van der Waals surface area contributed by atoms with E-state index in [0.29, 0.717) is 5.75 Å². The molecule has 0 amide bonds. The van der Waals surface area contributed by atoms with Crippen LogP contribution in [0, 0.1) is 6.92 Å². The Bertz CT molecular complexity index is 499. The minimum Gasteiger partial charge on any atom is -0.455 e. The topological polar surface area (TPSA) is 69.7 Å². The van der Waals surface area contributed by atoms with E-state index in [1.807, 2.05) is 6.92 Å². The molecule has 0 saturated heterocycles. The maximum Gasteiger partial charge on any atom is 0.336 e. The number of aryl methyl sites for hydroxylation is 1. The van der Waals surface area contributed by atoms with E-state index in [2.05, 4.69) is 4.74 Å². The first kappa shape index (κ1) is 14.6. The van der Waals surface area contributed by atoms with Gasteiger partial charge in [0, 0.05) is 12.2 Å². The number of ether oxygens (including phenoxy) is 2. The van der Waals surface area contributed by atoms with Gasteiger partial charge in [0.1, 0.15) is 12.4 Å². The number of esters is 2. The molecule has 1 rings (SSSR count). The molecule has 0 fully saturated rings. The predicted octanol–water partition coefficient (Wildman–Crippen LogP) is 1.59. The lowest BCUT2D eigenvalue weighted by atomic mass is 10.2. The number of hydrogen-bond acceptors (Lipinski definition) is 5. The first-order valence-corrected chi connectivity index (χ1v) is 5.60. The minimum atomic E-state index is -0.768. The molecular formula is C14H14O5. The lowest BCUT2D eigenvalue weighted by molar-refractivity contribution is -0.142. The molecule has 0 aliphatic carbocycles. The zero-order valence-electron chi connectivity index (χ0n) is 10.7. The zero-order chi connectivity index (χ0) is 14.3. The Morgan fingerprint density at radius 2 is 1.63 bits per heavy atom. The fraction of sp³-hybridized carbons (Fsp3) is 0.214. The van der Waals surface area contributed by atoms with Gasteiger partial charge in [-0.15, -0.1) is 0 Å². The molecule has 1 aromatic rings. The molecule has 0 N–H and O–H groups in total. The number of carbonyl (C=O) groups excluding carboxylic acids is 3. The summed E-state index contributed by atoms with van der Waals surface area (Å²) in [5.74, 6) is -1.35. The molecule has 0 heterocycles. The van der Waals surface area contributed by atoms with Gasteiger partial charge in [0.2, 0.25) is 0 Å². The number of carbonyl (C=O) groups is 3. The molecule has 0 spiro atoms. The fourth-order valence-corrected chi connectivity index (χ4v) is 1.11. The SMILES string of the molecule is CC(=O)COC(=O)/C=C/C(=O)Oc1ccc(C)cc1. The number of rotatable bonds is 5. The van der Waals surface area contributed by atoms with Crippen LogP contribution in [0.25, 0.3) is 0 Å². The summed E-state index contributed by atoms with van der Waals surface area (Å²) >= 11 is 0. The molecule has 0 unspecified atom stereocenters. The zero-order valence-corrected chi connectivity index (χ0v) is 10.7. The van der Waals surface area contributed by atoms with Crippen LogP contribution in [0.3, 0.4) is 0 Å². The van der Waals surface area contributed by atoms with E-state index in [4.69, 9.17) is 4.74 Å². The van der Waals surface area contributed by atoms with Crippen LogP contribution >= 0.6 is 0 Å². The van der Waals surface area contributed by atoms with E-state index in [-0.39, 0.29) is 12.4 Å². The van der Waals surface area contributed by atoms with E-state index in [1.54, 1.807) is 24.3 Å². The molecule has 0 atom stereocenters. The van der Waals surface area contributed by atoms with E-state index in [9.17, 15) is 14.4 Å². The third-order valence-electron chi connectivity index (χ3n) is 2.01. The summed E-state index contributed by atoms with van der Waals surface area (Å²) in [6, 6.07) is 6.89. The van der Waals surface area contributed by atoms with Crippen molar-refractivity contribution in [3.63, 3.8) is 0 Å². The van der Waals surface area contributed by atoms with Crippen LogP contribution in [-0.4, -0.2) is 24.3 Å². The Kier molecular flexibility index (Phi) is 5.47. The summed E-state index contributed by atoms with van der Waals surface area (Å²) in [6.45, 7) is 2.90. The van der Waals surface area contributed by atoms with Crippen LogP contribution in [0.1, 0.15) is 12.5 Å². The smallest absolute Gasteiger partial charge is 0.336 e. The van der Waals surface area contributed by atoms with Crippen molar-refractivity contribution in [2.24, 2.45) is 0 Å². The molecule has 0 aliphatic heterocycles. The summed E-state index contributed by atoms with van der Waals surface area (Å²) < 4.78 is 9.48. The van der Waals surface area contributed by atoms with Crippen molar-refractivity contribution >= 4 is 17.7 Å². The van der Waals surface area contributed by atoms with Crippen molar-refractivity contribution in [3.8, 4) is 5.75 Å². The predicted molar refractivity (Wildman–Crippen MR) is 67.6 cm³/mol. The van der Waals surface area contributed by atoms with Gasteiger partial charge >= 0.3 is 11.9 Å². The van der Waals surface area contributed by atoms with Crippen molar-refractivity contribution in [2.75, 3.05) is 6.61 Å². The van der Waals surface area contributed by atoms with Gasteiger partial charge in [-0.25, -0.2) is 9.59 Å². The first-order chi connectivity index (χ1) is 8.97. The van der Waals surface area contributed by atoms with Crippen LogP contribution in [0.15, 0.2) is 36.4 Å². The fourth-order valence-electron chi connectivity index (χ4n) is 1.11. The normalized spacial score (nSPS) is 10.2. The highest BCUT2D eigenvalue weighted by Crippen LogP contribution is 2.11. The Morgan fingerprint density at radius 1 is 1.05 bits per heavy atom. The van der Waals surface area contributed by atoms with Gasteiger partial charge in [0.25, 0.3) is 0 Å². The average Bonchev–Trinajstić information content (AvgIpc) is 2.36. The highest BCUT2D eigenvalue weighted by atomic mass is 16.5. The van der Waals surface area contributed by atoms with Gasteiger partial charge in [0.15, 0.2) is 5.78 Å². The third kappa shape index (κ3) is 6.16. The van der Waals surface area contributed by atoms with Gasteiger partial charge < -0.3 is 9.47 Å². The second-order valence-corrected chi connectivity index (χ2v) is 3.88. The van der Waals surface area contributed by atoms with Crippen LogP contribution < -0.4 is 4.74 Å². The maximum absolute atomic E-state index is 11.4. The molecule has 19 heavy (non-hydrogen) atoms. The Morgan fingerprint density at radius 3 is 2.21 bits per heavy atom. The van der Waals surface area contributed by atoms with Gasteiger partial charge in [-0.05, 0) is 26.0 Å². The summed E-state index contributed by atoms with van der Waals surface area (Å²) in [6.07, 6.45) is 1.86. The van der Waals surface area contributed by atoms with Gasteiger partial charge in [-0.1, -0.05) is 17.7 Å². The third-order valence-corrected chi connectivity index (χ3v) is 2.01. The Hall–Kier alpha value is -2.43. The molecule has 100 valence electrons. The second kappa shape index (κ2) is 7.10. The van der Waals surface area contributed by atoms with Crippen molar-refractivity contribution < 1.29 is 23.9 Å². The van der Waals surface area contributed by atoms with E-state index in [0.717, 1.165) is 17.7 Å². The number of hydrogen-bond donors (Lipinski definition) is 0. The highest BCUT2D eigenvalue weighted by molar-refractivity contribution is 5.93. The van der Waals surface area contributed by atoms with Crippen LogP contribution in [0.5, 0.6) is 5.75 Å². The van der Waals surface area contributed by atoms with Gasteiger partial charge in [0.05, 0.1) is 0 Å². The number of benzene rings is 1.